The van der Waals surface area contributed by atoms with Gasteiger partial charge in [-0.2, -0.15) is 0 Å². The number of hydrogen-bond donors (Lipinski definition) is 1. The Balaban J connectivity index is 2.06. The van der Waals surface area contributed by atoms with Crippen molar-refractivity contribution in [2.24, 2.45) is 0 Å². The second-order valence-corrected chi connectivity index (χ2v) is 5.79. The molecule has 1 N–H and O–H groups in total. The normalized spacial score (nSPS) is 14.2. The average Bonchev–Trinajstić information content (AvgIpc) is 2.62. The van der Waals surface area contributed by atoms with E-state index >= 15 is 0 Å². The van der Waals surface area contributed by atoms with Crippen LogP contribution in [0.25, 0.3) is 10.8 Å². The van der Waals surface area contributed by atoms with Crippen LogP contribution >= 0.6 is 0 Å². The van der Waals surface area contributed by atoms with Crippen molar-refractivity contribution in [1.82, 2.24) is 0 Å². The summed E-state index contributed by atoms with van der Waals surface area (Å²) in [6.07, 6.45) is 4.66. The van der Waals surface area contributed by atoms with Crippen molar-refractivity contribution in [2.45, 2.75) is 25.4 Å². The third kappa shape index (κ3) is 3.35. The van der Waals surface area contributed by atoms with Crippen LogP contribution < -0.4 is 0 Å². The molecule has 0 spiro atoms. The van der Waals surface area contributed by atoms with Crippen molar-refractivity contribution < 1.29 is 5.11 Å². The Hall–Kier alpha value is -2.38. The lowest BCUT2D eigenvalue weighted by molar-refractivity contribution is 0.163. The molecule has 3 aromatic rings. The number of allylic oxidation sites excluding steroid dienone is 1. The monoisotopic (exact) mass is 302 g/mol. The molecule has 0 unspecified atom stereocenters. The first-order chi connectivity index (χ1) is 11.3. The van der Waals surface area contributed by atoms with Crippen LogP contribution in [0.2, 0.25) is 0 Å². The van der Waals surface area contributed by atoms with Gasteiger partial charge in [0.05, 0.1) is 6.10 Å². The van der Waals surface area contributed by atoms with Gasteiger partial charge in [0, 0.05) is 5.92 Å². The molecular formula is C22H22O. The second-order valence-electron chi connectivity index (χ2n) is 5.79. The summed E-state index contributed by atoms with van der Waals surface area (Å²) in [4.78, 5) is 0. The van der Waals surface area contributed by atoms with Crippen molar-refractivity contribution in [3.8, 4) is 0 Å². The molecule has 116 valence electrons. The summed E-state index contributed by atoms with van der Waals surface area (Å²) in [6, 6.07) is 24.6. The van der Waals surface area contributed by atoms with E-state index in [4.69, 9.17) is 0 Å². The van der Waals surface area contributed by atoms with Crippen molar-refractivity contribution in [2.75, 3.05) is 0 Å². The first-order valence-corrected chi connectivity index (χ1v) is 8.18. The molecule has 23 heavy (non-hydrogen) atoms. The number of aliphatic hydroxyl groups excluding tert-OH is 1. The molecule has 0 heterocycles. The molecule has 0 aliphatic rings. The van der Waals surface area contributed by atoms with Gasteiger partial charge in [-0.1, -0.05) is 91.9 Å². The van der Waals surface area contributed by atoms with Gasteiger partial charge in [-0.15, -0.1) is 0 Å². The first-order valence-electron chi connectivity index (χ1n) is 8.18. The predicted octanol–water partition coefficient (Wildman–Crippen LogP) is 5.62. The van der Waals surface area contributed by atoms with E-state index in [1.54, 1.807) is 0 Å². The Morgan fingerprint density at radius 2 is 1.57 bits per heavy atom. The van der Waals surface area contributed by atoms with Crippen LogP contribution in [0.5, 0.6) is 0 Å². The van der Waals surface area contributed by atoms with E-state index < -0.39 is 6.10 Å². The van der Waals surface area contributed by atoms with Crippen molar-refractivity contribution in [3.05, 3.63) is 96.1 Å². The molecule has 0 saturated carbocycles. The van der Waals surface area contributed by atoms with Crippen molar-refractivity contribution in [1.29, 1.82) is 0 Å². The largest absolute Gasteiger partial charge is 0.387 e. The fourth-order valence-corrected chi connectivity index (χ4v) is 3.06. The molecule has 0 bridgehead atoms. The smallest absolute Gasteiger partial charge is 0.0899 e. The minimum absolute atomic E-state index is 0.0399. The number of aliphatic hydroxyl groups is 1. The number of rotatable bonds is 5. The SMILES string of the molecule is CCC=C[C@H](c1ccccc1)[C@H](O)c1cccc2ccccc12. The van der Waals surface area contributed by atoms with Gasteiger partial charge in [-0.3, -0.25) is 0 Å². The van der Waals surface area contributed by atoms with Gasteiger partial charge in [0.25, 0.3) is 0 Å². The molecule has 0 saturated heterocycles. The highest BCUT2D eigenvalue weighted by atomic mass is 16.3. The van der Waals surface area contributed by atoms with Crippen LogP contribution in [-0.2, 0) is 0 Å². The molecule has 0 aromatic heterocycles. The summed E-state index contributed by atoms with van der Waals surface area (Å²) in [5.41, 5.74) is 2.12. The van der Waals surface area contributed by atoms with Gasteiger partial charge in [0.1, 0.15) is 0 Å². The number of fused-ring (bicyclic) bond motifs is 1. The lowest BCUT2D eigenvalue weighted by atomic mass is 9.86. The summed E-state index contributed by atoms with van der Waals surface area (Å²) in [5, 5.41) is 13.4. The Labute approximate surface area is 137 Å². The Morgan fingerprint density at radius 3 is 2.35 bits per heavy atom. The van der Waals surface area contributed by atoms with Gasteiger partial charge in [0.15, 0.2) is 0 Å². The fraction of sp³-hybridized carbons (Fsp3) is 0.182. The first kappa shape index (κ1) is 15.5. The van der Waals surface area contributed by atoms with Gasteiger partial charge in [-0.25, -0.2) is 0 Å². The standard InChI is InChI=1S/C22H22O/c1-2-3-14-20(18-10-5-4-6-11-18)22(23)21-16-9-13-17-12-7-8-15-19(17)21/h3-16,20,22-23H,2H2,1H3/t20-,22+/m1/s1. The minimum atomic E-state index is -0.564. The minimum Gasteiger partial charge on any atom is -0.387 e. The molecule has 1 nitrogen and oxygen atoms in total. The summed E-state index contributed by atoms with van der Waals surface area (Å²) >= 11 is 0. The molecule has 0 aliphatic heterocycles. The highest BCUT2D eigenvalue weighted by Crippen LogP contribution is 2.35. The van der Waals surface area contributed by atoms with Gasteiger partial charge >= 0.3 is 0 Å². The van der Waals surface area contributed by atoms with Crippen LogP contribution in [0.4, 0.5) is 0 Å². The molecule has 0 radical (unpaired) electrons. The fourth-order valence-electron chi connectivity index (χ4n) is 3.06. The van der Waals surface area contributed by atoms with E-state index in [-0.39, 0.29) is 5.92 Å². The zero-order chi connectivity index (χ0) is 16.1. The Bertz CT molecular complexity index is 784. The molecule has 0 fully saturated rings. The van der Waals surface area contributed by atoms with Crippen LogP contribution in [0.15, 0.2) is 84.9 Å². The van der Waals surface area contributed by atoms with Gasteiger partial charge < -0.3 is 5.11 Å². The summed E-state index contributed by atoms with van der Waals surface area (Å²) in [5.74, 6) is -0.0399. The molecule has 3 aromatic carbocycles. The zero-order valence-electron chi connectivity index (χ0n) is 13.4. The molecule has 3 rings (SSSR count). The van der Waals surface area contributed by atoms with E-state index in [2.05, 4.69) is 49.4 Å². The highest BCUT2D eigenvalue weighted by molar-refractivity contribution is 5.86. The molecular weight excluding hydrogens is 280 g/mol. The van der Waals surface area contributed by atoms with Crippen LogP contribution in [0, 0.1) is 0 Å². The van der Waals surface area contributed by atoms with E-state index in [0.29, 0.717) is 0 Å². The lowest BCUT2D eigenvalue weighted by Gasteiger charge is -2.22. The third-order valence-corrected chi connectivity index (χ3v) is 4.25. The van der Waals surface area contributed by atoms with Crippen LogP contribution in [0.1, 0.15) is 36.5 Å². The maximum atomic E-state index is 11.1. The summed E-state index contributed by atoms with van der Waals surface area (Å²) < 4.78 is 0. The van der Waals surface area contributed by atoms with Gasteiger partial charge in [-0.05, 0) is 28.3 Å². The Morgan fingerprint density at radius 1 is 0.870 bits per heavy atom. The van der Waals surface area contributed by atoms with E-state index in [1.807, 2.05) is 42.5 Å². The Kier molecular flexibility index (Phi) is 4.89. The number of benzene rings is 3. The number of hydrogen-bond acceptors (Lipinski definition) is 1. The molecule has 1 heteroatoms. The molecule has 0 amide bonds. The van der Waals surface area contributed by atoms with Crippen molar-refractivity contribution in [3.63, 3.8) is 0 Å². The zero-order valence-corrected chi connectivity index (χ0v) is 13.4. The lowest BCUT2D eigenvalue weighted by Crippen LogP contribution is -2.09. The average molecular weight is 302 g/mol. The maximum absolute atomic E-state index is 11.1. The van der Waals surface area contributed by atoms with Crippen LogP contribution in [0.3, 0.4) is 0 Å². The van der Waals surface area contributed by atoms with E-state index in [0.717, 1.165) is 28.3 Å². The van der Waals surface area contributed by atoms with E-state index in [9.17, 15) is 5.11 Å². The second kappa shape index (κ2) is 7.26. The summed E-state index contributed by atoms with van der Waals surface area (Å²) in [6.45, 7) is 2.11. The molecule has 0 aliphatic carbocycles. The topological polar surface area (TPSA) is 20.2 Å². The summed E-state index contributed by atoms with van der Waals surface area (Å²) in [7, 11) is 0. The quantitative estimate of drug-likeness (QED) is 0.606. The van der Waals surface area contributed by atoms with Gasteiger partial charge in [0.2, 0.25) is 0 Å². The third-order valence-electron chi connectivity index (χ3n) is 4.25. The highest BCUT2D eigenvalue weighted by Gasteiger charge is 2.21. The van der Waals surface area contributed by atoms with Crippen LogP contribution in [-0.4, -0.2) is 5.11 Å². The maximum Gasteiger partial charge on any atom is 0.0899 e. The predicted molar refractivity (Wildman–Crippen MR) is 97.5 cm³/mol. The van der Waals surface area contributed by atoms with E-state index in [1.165, 1.54) is 0 Å². The van der Waals surface area contributed by atoms with Crippen molar-refractivity contribution >= 4 is 10.8 Å². The molecule has 2 atom stereocenters.